The first kappa shape index (κ1) is 13.0. The second kappa shape index (κ2) is 5.44. The highest BCUT2D eigenvalue weighted by molar-refractivity contribution is 9.10. The van der Waals surface area contributed by atoms with Gasteiger partial charge in [0.05, 0.1) is 17.3 Å². The first-order valence-corrected chi connectivity index (χ1v) is 6.28. The fraction of sp³-hybridized carbons (Fsp3) is 0.308. The zero-order valence-corrected chi connectivity index (χ0v) is 12.1. The molecular weight excluding hydrogens is 298 g/mol. The van der Waals surface area contributed by atoms with Gasteiger partial charge in [0.15, 0.2) is 6.61 Å². The lowest BCUT2D eigenvalue weighted by Crippen LogP contribution is -1.96. The molecule has 0 saturated heterocycles. The van der Waals surface area contributed by atoms with Gasteiger partial charge in [-0.3, -0.25) is 0 Å². The first-order valence-electron chi connectivity index (χ1n) is 5.49. The highest BCUT2D eigenvalue weighted by Gasteiger charge is 2.08. The average Bonchev–Trinajstić information content (AvgIpc) is 2.67. The topological polar surface area (TPSA) is 44.5 Å². The Labute approximate surface area is 114 Å². The molecule has 0 aliphatic rings. The van der Waals surface area contributed by atoms with Crippen molar-refractivity contribution in [3.05, 3.63) is 40.0 Å². The second-order valence-electron chi connectivity index (χ2n) is 3.83. The minimum Gasteiger partial charge on any atom is -0.497 e. The number of nitrogens with zero attached hydrogens (tertiary/aromatic N) is 1. The quantitative estimate of drug-likeness (QED) is 0.864. The van der Waals surface area contributed by atoms with Crippen LogP contribution in [0.15, 0.2) is 27.1 Å². The van der Waals surface area contributed by atoms with Crippen molar-refractivity contribution in [1.29, 1.82) is 0 Å². The predicted octanol–water partition coefficient (Wildman–Crippen LogP) is 3.64. The Morgan fingerprint density at radius 3 is 2.67 bits per heavy atom. The molecule has 0 aliphatic carbocycles. The van der Waals surface area contributed by atoms with Gasteiger partial charge in [0.25, 0.3) is 0 Å². The van der Waals surface area contributed by atoms with Crippen LogP contribution >= 0.6 is 15.9 Å². The number of methoxy groups -OCH3 is 1. The molecule has 1 aromatic carbocycles. The molecule has 0 amide bonds. The summed E-state index contributed by atoms with van der Waals surface area (Å²) in [6, 6.07) is 5.53. The summed E-state index contributed by atoms with van der Waals surface area (Å²) in [5, 5.41) is 0. The number of aryl methyl sites for hydroxylation is 2. The van der Waals surface area contributed by atoms with Gasteiger partial charge in [0, 0.05) is 0 Å². The Morgan fingerprint density at radius 2 is 2.11 bits per heavy atom. The van der Waals surface area contributed by atoms with Crippen LogP contribution in [0, 0.1) is 13.8 Å². The molecule has 0 N–H and O–H groups in total. The Balaban J connectivity index is 2.06. The van der Waals surface area contributed by atoms with Crippen LogP contribution < -0.4 is 9.47 Å². The van der Waals surface area contributed by atoms with Gasteiger partial charge >= 0.3 is 0 Å². The van der Waals surface area contributed by atoms with Gasteiger partial charge in [-0.1, -0.05) is 0 Å². The third-order valence-corrected chi connectivity index (χ3v) is 3.18. The number of rotatable bonds is 4. The number of oxazole rings is 1. The van der Waals surface area contributed by atoms with Crippen LogP contribution in [0.25, 0.3) is 0 Å². The molecule has 2 aromatic rings. The van der Waals surface area contributed by atoms with Crippen molar-refractivity contribution in [2.75, 3.05) is 7.11 Å². The molecule has 96 valence electrons. The Hall–Kier alpha value is -1.49. The summed E-state index contributed by atoms with van der Waals surface area (Å²) in [6.07, 6.45) is 0. The molecule has 0 saturated carbocycles. The summed E-state index contributed by atoms with van der Waals surface area (Å²) in [5.41, 5.74) is 0.891. The van der Waals surface area contributed by atoms with E-state index in [1.54, 1.807) is 7.11 Å². The Kier molecular flexibility index (Phi) is 3.91. The molecule has 0 bridgehead atoms. The summed E-state index contributed by atoms with van der Waals surface area (Å²) < 4.78 is 17.0. The van der Waals surface area contributed by atoms with Crippen molar-refractivity contribution in [2.45, 2.75) is 20.5 Å². The number of benzene rings is 1. The smallest absolute Gasteiger partial charge is 0.232 e. The van der Waals surface area contributed by atoms with E-state index < -0.39 is 0 Å². The maximum Gasteiger partial charge on any atom is 0.232 e. The maximum absolute atomic E-state index is 5.63. The van der Waals surface area contributed by atoms with E-state index in [1.165, 1.54) is 0 Å². The molecule has 0 unspecified atom stereocenters. The molecule has 0 atom stereocenters. The Bertz CT molecular complexity index is 532. The summed E-state index contributed by atoms with van der Waals surface area (Å²) >= 11 is 3.43. The van der Waals surface area contributed by atoms with Crippen molar-refractivity contribution in [2.24, 2.45) is 0 Å². The zero-order chi connectivity index (χ0) is 13.1. The van der Waals surface area contributed by atoms with Gasteiger partial charge in [-0.05, 0) is 48.0 Å². The normalized spacial score (nSPS) is 10.4. The van der Waals surface area contributed by atoms with Crippen LogP contribution in [0.3, 0.4) is 0 Å². The van der Waals surface area contributed by atoms with E-state index in [4.69, 9.17) is 13.9 Å². The predicted molar refractivity (Wildman–Crippen MR) is 71.0 cm³/mol. The average molecular weight is 312 g/mol. The van der Waals surface area contributed by atoms with Crippen molar-refractivity contribution in [1.82, 2.24) is 4.98 Å². The van der Waals surface area contributed by atoms with E-state index in [2.05, 4.69) is 20.9 Å². The highest BCUT2D eigenvalue weighted by atomic mass is 79.9. The summed E-state index contributed by atoms with van der Waals surface area (Å²) in [4.78, 5) is 4.26. The number of ether oxygens (including phenoxy) is 2. The second-order valence-corrected chi connectivity index (χ2v) is 4.69. The molecule has 0 fully saturated rings. The number of hydrogen-bond acceptors (Lipinski definition) is 4. The van der Waals surface area contributed by atoms with Gasteiger partial charge < -0.3 is 13.9 Å². The van der Waals surface area contributed by atoms with Crippen LogP contribution in [0.1, 0.15) is 17.3 Å². The van der Waals surface area contributed by atoms with Gasteiger partial charge in [0.2, 0.25) is 5.89 Å². The molecular formula is C13H14BrNO3. The highest BCUT2D eigenvalue weighted by Crippen LogP contribution is 2.29. The summed E-state index contributed by atoms with van der Waals surface area (Å²) in [5.74, 6) is 2.90. The van der Waals surface area contributed by atoms with E-state index >= 15 is 0 Å². The van der Waals surface area contributed by atoms with Crippen LogP contribution in [-0.4, -0.2) is 12.1 Å². The SMILES string of the molecule is COc1ccc(OCc2nc(C)c(C)o2)c(Br)c1. The zero-order valence-electron chi connectivity index (χ0n) is 10.5. The Morgan fingerprint density at radius 1 is 1.33 bits per heavy atom. The minimum absolute atomic E-state index is 0.305. The van der Waals surface area contributed by atoms with E-state index in [0.29, 0.717) is 12.5 Å². The van der Waals surface area contributed by atoms with Crippen LogP contribution in [0.2, 0.25) is 0 Å². The molecule has 4 nitrogen and oxygen atoms in total. The molecule has 1 heterocycles. The minimum atomic E-state index is 0.305. The summed E-state index contributed by atoms with van der Waals surface area (Å²) in [7, 11) is 1.63. The molecule has 0 aliphatic heterocycles. The van der Waals surface area contributed by atoms with Gasteiger partial charge in [-0.25, -0.2) is 4.98 Å². The monoisotopic (exact) mass is 311 g/mol. The lowest BCUT2D eigenvalue weighted by atomic mass is 10.3. The molecule has 1 aromatic heterocycles. The number of hydrogen-bond donors (Lipinski definition) is 0. The van der Waals surface area contributed by atoms with E-state index in [-0.39, 0.29) is 0 Å². The lowest BCUT2D eigenvalue weighted by molar-refractivity contribution is 0.258. The number of halogens is 1. The standard InChI is InChI=1S/C13H14BrNO3/c1-8-9(2)18-13(15-8)7-17-12-5-4-10(16-3)6-11(12)14/h4-6H,7H2,1-3H3. The van der Waals surface area contributed by atoms with Gasteiger partial charge in [-0.2, -0.15) is 0 Å². The van der Waals surface area contributed by atoms with Crippen molar-refractivity contribution in [3.63, 3.8) is 0 Å². The number of aromatic nitrogens is 1. The molecule has 0 spiro atoms. The van der Waals surface area contributed by atoms with E-state index in [1.807, 2.05) is 32.0 Å². The van der Waals surface area contributed by atoms with E-state index in [0.717, 1.165) is 27.4 Å². The van der Waals surface area contributed by atoms with Crippen LogP contribution in [0.5, 0.6) is 11.5 Å². The largest absolute Gasteiger partial charge is 0.497 e. The van der Waals surface area contributed by atoms with E-state index in [9.17, 15) is 0 Å². The maximum atomic E-state index is 5.63. The molecule has 0 radical (unpaired) electrons. The van der Waals surface area contributed by atoms with Gasteiger partial charge in [0.1, 0.15) is 17.3 Å². The fourth-order valence-corrected chi connectivity index (χ4v) is 1.94. The molecule has 2 rings (SSSR count). The van der Waals surface area contributed by atoms with Crippen molar-refractivity contribution in [3.8, 4) is 11.5 Å². The molecule has 5 heteroatoms. The van der Waals surface area contributed by atoms with Crippen LogP contribution in [0.4, 0.5) is 0 Å². The van der Waals surface area contributed by atoms with Crippen molar-refractivity contribution < 1.29 is 13.9 Å². The lowest BCUT2D eigenvalue weighted by Gasteiger charge is -2.07. The summed E-state index contributed by atoms with van der Waals surface area (Å²) in [6.45, 7) is 4.10. The van der Waals surface area contributed by atoms with Crippen molar-refractivity contribution >= 4 is 15.9 Å². The molecule has 18 heavy (non-hydrogen) atoms. The third kappa shape index (κ3) is 2.85. The fourth-order valence-electron chi connectivity index (χ4n) is 1.47. The van der Waals surface area contributed by atoms with Gasteiger partial charge in [-0.15, -0.1) is 0 Å². The first-order chi connectivity index (χ1) is 8.60. The van der Waals surface area contributed by atoms with Crippen LogP contribution in [-0.2, 0) is 6.61 Å². The third-order valence-electron chi connectivity index (χ3n) is 2.56.